The van der Waals surface area contributed by atoms with Crippen molar-refractivity contribution in [3.8, 4) is 0 Å². The summed E-state index contributed by atoms with van der Waals surface area (Å²) in [5, 5.41) is 9.21. The lowest BCUT2D eigenvalue weighted by atomic mass is 10.2. The second kappa shape index (κ2) is 5.70. The average molecular weight is 197 g/mol. The second-order valence-corrected chi connectivity index (χ2v) is 3.02. The topological polar surface area (TPSA) is 51.6 Å². The van der Waals surface area contributed by atoms with E-state index < -0.39 is 6.10 Å². The third-order valence-electron chi connectivity index (χ3n) is 1.75. The molecule has 78 valence electrons. The van der Waals surface area contributed by atoms with Gasteiger partial charge in [-0.25, -0.2) is 0 Å². The molecule has 0 bridgehead atoms. The van der Waals surface area contributed by atoms with E-state index in [4.69, 9.17) is 9.47 Å². The molecule has 0 aliphatic rings. The number of nitrogens with zero attached hydrogens (tertiary/aromatic N) is 1. The third-order valence-corrected chi connectivity index (χ3v) is 1.75. The molecule has 0 spiro atoms. The first-order chi connectivity index (χ1) is 6.74. The zero-order chi connectivity index (χ0) is 10.4. The van der Waals surface area contributed by atoms with Gasteiger partial charge < -0.3 is 14.6 Å². The molecule has 0 fully saturated rings. The molecule has 0 saturated heterocycles. The molecular weight excluding hydrogens is 182 g/mol. The van der Waals surface area contributed by atoms with Crippen molar-refractivity contribution >= 4 is 0 Å². The van der Waals surface area contributed by atoms with Gasteiger partial charge in [0.2, 0.25) is 0 Å². The predicted octanol–water partition coefficient (Wildman–Crippen LogP) is 1.26. The molecule has 0 saturated carbocycles. The van der Waals surface area contributed by atoms with Crippen molar-refractivity contribution in [1.82, 2.24) is 4.98 Å². The highest BCUT2D eigenvalue weighted by molar-refractivity contribution is 5.14. The summed E-state index contributed by atoms with van der Waals surface area (Å²) in [5.74, 6) is 0. The summed E-state index contributed by atoms with van der Waals surface area (Å²) in [6.07, 6.45) is 1.17. The van der Waals surface area contributed by atoms with E-state index in [9.17, 15) is 5.11 Å². The standard InChI is InChI=1S/C10H15NO3/c1-8(12)10-4-3-9(5-11-10)6-14-7-13-2/h3-5,8,12H,6-7H2,1-2H3. The predicted molar refractivity (Wildman–Crippen MR) is 51.5 cm³/mol. The number of rotatable bonds is 5. The van der Waals surface area contributed by atoms with Crippen molar-refractivity contribution in [3.63, 3.8) is 0 Å². The van der Waals surface area contributed by atoms with Gasteiger partial charge in [0.15, 0.2) is 0 Å². The van der Waals surface area contributed by atoms with Crippen LogP contribution in [-0.4, -0.2) is 24.0 Å². The molecule has 0 radical (unpaired) electrons. The molecule has 1 atom stereocenters. The van der Waals surface area contributed by atoms with E-state index in [1.807, 2.05) is 6.07 Å². The molecule has 0 aliphatic carbocycles. The van der Waals surface area contributed by atoms with Crippen LogP contribution in [0.3, 0.4) is 0 Å². The summed E-state index contributed by atoms with van der Waals surface area (Å²) in [7, 11) is 1.58. The Hall–Kier alpha value is -0.970. The van der Waals surface area contributed by atoms with E-state index in [-0.39, 0.29) is 6.79 Å². The van der Waals surface area contributed by atoms with Crippen LogP contribution in [0.15, 0.2) is 18.3 Å². The van der Waals surface area contributed by atoms with Crippen LogP contribution in [0.4, 0.5) is 0 Å². The van der Waals surface area contributed by atoms with Gasteiger partial charge in [-0.05, 0) is 18.6 Å². The number of hydrogen-bond donors (Lipinski definition) is 1. The van der Waals surface area contributed by atoms with Gasteiger partial charge in [0.1, 0.15) is 6.79 Å². The Kier molecular flexibility index (Phi) is 4.52. The maximum absolute atomic E-state index is 9.21. The van der Waals surface area contributed by atoms with E-state index in [0.29, 0.717) is 12.3 Å². The van der Waals surface area contributed by atoms with Crippen LogP contribution in [0, 0.1) is 0 Å². The van der Waals surface area contributed by atoms with Crippen LogP contribution in [0.25, 0.3) is 0 Å². The van der Waals surface area contributed by atoms with Gasteiger partial charge in [-0.2, -0.15) is 0 Å². The van der Waals surface area contributed by atoms with Gasteiger partial charge in [0.25, 0.3) is 0 Å². The SMILES string of the molecule is COCOCc1ccc(C(C)O)nc1. The van der Waals surface area contributed by atoms with Gasteiger partial charge in [-0.3, -0.25) is 4.98 Å². The van der Waals surface area contributed by atoms with Crippen molar-refractivity contribution in [1.29, 1.82) is 0 Å². The maximum atomic E-state index is 9.21. The number of pyridine rings is 1. The van der Waals surface area contributed by atoms with Crippen LogP contribution in [-0.2, 0) is 16.1 Å². The minimum Gasteiger partial charge on any atom is -0.387 e. The molecule has 4 nitrogen and oxygen atoms in total. The van der Waals surface area contributed by atoms with E-state index >= 15 is 0 Å². The number of methoxy groups -OCH3 is 1. The lowest BCUT2D eigenvalue weighted by molar-refractivity contribution is -0.0391. The smallest absolute Gasteiger partial charge is 0.146 e. The fourth-order valence-corrected chi connectivity index (χ4v) is 1.01. The van der Waals surface area contributed by atoms with Crippen LogP contribution in [0.1, 0.15) is 24.3 Å². The molecule has 1 unspecified atom stereocenters. The van der Waals surface area contributed by atoms with E-state index in [0.717, 1.165) is 5.56 Å². The molecule has 4 heteroatoms. The molecule has 1 heterocycles. The van der Waals surface area contributed by atoms with Crippen LogP contribution >= 0.6 is 0 Å². The van der Waals surface area contributed by atoms with Crippen molar-refractivity contribution in [2.24, 2.45) is 0 Å². The molecule has 0 aromatic carbocycles. The Morgan fingerprint density at radius 2 is 2.29 bits per heavy atom. The average Bonchev–Trinajstić information content (AvgIpc) is 2.19. The van der Waals surface area contributed by atoms with Crippen molar-refractivity contribution in [2.75, 3.05) is 13.9 Å². The maximum Gasteiger partial charge on any atom is 0.146 e. The molecular formula is C10H15NO3. The van der Waals surface area contributed by atoms with Crippen LogP contribution < -0.4 is 0 Å². The fraction of sp³-hybridized carbons (Fsp3) is 0.500. The monoisotopic (exact) mass is 197 g/mol. The highest BCUT2D eigenvalue weighted by Gasteiger charge is 2.01. The highest BCUT2D eigenvalue weighted by atomic mass is 16.7. The normalized spacial score (nSPS) is 12.8. The summed E-state index contributed by atoms with van der Waals surface area (Å²) in [4.78, 5) is 4.09. The Morgan fingerprint density at radius 3 is 2.79 bits per heavy atom. The first-order valence-corrected chi connectivity index (χ1v) is 4.43. The van der Waals surface area contributed by atoms with Crippen LogP contribution in [0.2, 0.25) is 0 Å². The Labute approximate surface area is 83.5 Å². The first kappa shape index (κ1) is 11.1. The molecule has 1 rings (SSSR count). The zero-order valence-corrected chi connectivity index (χ0v) is 8.43. The zero-order valence-electron chi connectivity index (χ0n) is 8.43. The number of aromatic nitrogens is 1. The van der Waals surface area contributed by atoms with Gasteiger partial charge in [0.05, 0.1) is 18.4 Å². The minimum absolute atomic E-state index is 0.276. The van der Waals surface area contributed by atoms with Gasteiger partial charge in [0, 0.05) is 13.3 Å². The van der Waals surface area contributed by atoms with E-state index in [1.165, 1.54) is 0 Å². The second-order valence-electron chi connectivity index (χ2n) is 3.02. The summed E-state index contributed by atoms with van der Waals surface area (Å²) < 4.78 is 9.89. The Balaban J connectivity index is 2.47. The van der Waals surface area contributed by atoms with Crippen LogP contribution in [0.5, 0.6) is 0 Å². The van der Waals surface area contributed by atoms with Gasteiger partial charge in [-0.15, -0.1) is 0 Å². The molecule has 1 aromatic rings. The van der Waals surface area contributed by atoms with Gasteiger partial charge >= 0.3 is 0 Å². The summed E-state index contributed by atoms with van der Waals surface area (Å²) in [6.45, 7) is 2.43. The Morgan fingerprint density at radius 1 is 1.50 bits per heavy atom. The van der Waals surface area contributed by atoms with E-state index in [2.05, 4.69) is 4.98 Å². The van der Waals surface area contributed by atoms with Gasteiger partial charge in [-0.1, -0.05) is 6.07 Å². The number of ether oxygens (including phenoxy) is 2. The first-order valence-electron chi connectivity index (χ1n) is 4.43. The van der Waals surface area contributed by atoms with Crippen molar-refractivity contribution < 1.29 is 14.6 Å². The molecule has 0 amide bonds. The molecule has 14 heavy (non-hydrogen) atoms. The van der Waals surface area contributed by atoms with E-state index in [1.54, 1.807) is 26.3 Å². The lowest BCUT2D eigenvalue weighted by Gasteiger charge is -2.05. The summed E-state index contributed by atoms with van der Waals surface area (Å²) in [5.41, 5.74) is 1.63. The molecule has 0 aliphatic heterocycles. The van der Waals surface area contributed by atoms with Crippen molar-refractivity contribution in [2.45, 2.75) is 19.6 Å². The number of aliphatic hydroxyl groups is 1. The summed E-state index contributed by atoms with van der Waals surface area (Å²) in [6, 6.07) is 3.67. The Bertz CT molecular complexity index is 259. The number of hydrogen-bond acceptors (Lipinski definition) is 4. The quantitative estimate of drug-likeness (QED) is 0.570. The van der Waals surface area contributed by atoms with Crippen molar-refractivity contribution in [3.05, 3.63) is 29.6 Å². The lowest BCUT2D eigenvalue weighted by Crippen LogP contribution is -1.99. The number of aliphatic hydroxyl groups excluding tert-OH is 1. The highest BCUT2D eigenvalue weighted by Crippen LogP contribution is 2.09. The molecule has 1 N–H and O–H groups in total. The largest absolute Gasteiger partial charge is 0.387 e. The summed E-state index contributed by atoms with van der Waals surface area (Å²) >= 11 is 0. The fourth-order valence-electron chi connectivity index (χ4n) is 1.01. The minimum atomic E-state index is -0.524. The molecule has 1 aromatic heterocycles. The third kappa shape index (κ3) is 3.41.